The summed E-state index contributed by atoms with van der Waals surface area (Å²) in [5, 5.41) is 4.10. The number of hydrogen-bond donors (Lipinski definition) is 1. The van der Waals surface area contributed by atoms with E-state index in [4.69, 9.17) is 20.9 Å². The Hall–Kier alpha value is -2.96. The average molecular weight is 490 g/mol. The topological polar surface area (TPSA) is 111 Å². The number of ether oxygens (including phenoxy) is 1. The lowest BCUT2D eigenvalue weighted by Crippen LogP contribution is -2.40. The lowest BCUT2D eigenvalue weighted by molar-refractivity contribution is -0.147. The molecular formula is C19H15ClF3N3O5S. The molecule has 0 saturated carbocycles. The van der Waals surface area contributed by atoms with Crippen LogP contribution in [0.25, 0.3) is 11.4 Å². The summed E-state index contributed by atoms with van der Waals surface area (Å²) in [5.41, 5.74) is -0.869. The van der Waals surface area contributed by atoms with Gasteiger partial charge in [-0.05, 0) is 31.2 Å². The molecule has 32 heavy (non-hydrogen) atoms. The quantitative estimate of drug-likeness (QED) is 0.502. The summed E-state index contributed by atoms with van der Waals surface area (Å²) in [6, 6.07) is 8.82. The Bertz CT molecular complexity index is 1230. The number of nitrogens with one attached hydrogen (secondary N) is 1. The Labute approximate surface area is 185 Å². The molecule has 3 aromatic rings. The highest BCUT2D eigenvalue weighted by Crippen LogP contribution is 2.34. The predicted octanol–water partition coefficient (Wildman–Crippen LogP) is 3.82. The second-order valence-corrected chi connectivity index (χ2v) is 8.53. The van der Waals surface area contributed by atoms with Crippen molar-refractivity contribution < 1.29 is 35.6 Å². The van der Waals surface area contributed by atoms with Crippen LogP contribution in [0.1, 0.15) is 18.4 Å². The first-order valence-electron chi connectivity index (χ1n) is 8.91. The zero-order chi connectivity index (χ0) is 23.5. The van der Waals surface area contributed by atoms with Gasteiger partial charge in [-0.15, -0.1) is 0 Å². The molecule has 0 aliphatic heterocycles. The van der Waals surface area contributed by atoms with E-state index in [-0.39, 0.29) is 11.7 Å². The zero-order valence-electron chi connectivity index (χ0n) is 16.3. The lowest BCUT2D eigenvalue weighted by Gasteiger charge is -2.16. The molecule has 0 amide bonds. The Kier molecular flexibility index (Phi) is 6.86. The Morgan fingerprint density at radius 1 is 1.19 bits per heavy atom. The number of alkyl halides is 3. The molecule has 0 unspecified atom stereocenters. The van der Waals surface area contributed by atoms with Crippen molar-refractivity contribution in [3.63, 3.8) is 0 Å². The Morgan fingerprint density at radius 2 is 1.84 bits per heavy atom. The van der Waals surface area contributed by atoms with Crippen LogP contribution in [-0.4, -0.2) is 30.6 Å². The van der Waals surface area contributed by atoms with E-state index in [2.05, 4.69) is 10.1 Å². The number of nitrogens with zero attached hydrogens (tertiary/aromatic N) is 2. The van der Waals surface area contributed by atoms with Gasteiger partial charge in [-0.25, -0.2) is 8.42 Å². The van der Waals surface area contributed by atoms with Crippen molar-refractivity contribution in [3.05, 3.63) is 65.0 Å². The molecule has 170 valence electrons. The fourth-order valence-electron chi connectivity index (χ4n) is 2.60. The number of esters is 1. The molecule has 1 aromatic heterocycles. The third-order valence-electron chi connectivity index (χ3n) is 4.09. The molecule has 0 bridgehead atoms. The van der Waals surface area contributed by atoms with E-state index >= 15 is 0 Å². The van der Waals surface area contributed by atoms with Gasteiger partial charge >= 0.3 is 12.1 Å². The highest BCUT2D eigenvalue weighted by molar-refractivity contribution is 7.89. The van der Waals surface area contributed by atoms with E-state index in [0.29, 0.717) is 16.7 Å². The van der Waals surface area contributed by atoms with Crippen LogP contribution in [0.5, 0.6) is 0 Å². The second-order valence-electron chi connectivity index (χ2n) is 6.44. The van der Waals surface area contributed by atoms with Crippen molar-refractivity contribution in [1.82, 2.24) is 14.9 Å². The van der Waals surface area contributed by atoms with Gasteiger partial charge in [0.15, 0.2) is 6.61 Å². The standard InChI is InChI=1S/C19H15ClF3N3O5S/c1-11(26-32(28,29)15-9-5-3-7-13(15)19(21,22)23)18(27)30-10-16-24-17(25-31-16)12-6-2-4-8-14(12)20/h2-9,11,26H,10H2,1H3/t11-/m1/s1. The third-order valence-corrected chi connectivity index (χ3v) is 6.02. The maximum Gasteiger partial charge on any atom is 0.417 e. The minimum Gasteiger partial charge on any atom is -0.454 e. The van der Waals surface area contributed by atoms with Crippen molar-refractivity contribution in [2.45, 2.75) is 30.6 Å². The number of aromatic nitrogens is 2. The number of benzene rings is 2. The van der Waals surface area contributed by atoms with Crippen LogP contribution in [0, 0.1) is 0 Å². The van der Waals surface area contributed by atoms with Crippen molar-refractivity contribution >= 4 is 27.6 Å². The molecule has 3 rings (SSSR count). The molecule has 8 nitrogen and oxygen atoms in total. The van der Waals surface area contributed by atoms with Gasteiger partial charge in [0.25, 0.3) is 5.89 Å². The number of carbonyl (C=O) groups excluding carboxylic acids is 1. The summed E-state index contributed by atoms with van der Waals surface area (Å²) < 4.78 is 75.9. The number of halogens is 4. The van der Waals surface area contributed by atoms with Gasteiger partial charge in [0.1, 0.15) is 6.04 Å². The molecule has 0 fully saturated rings. The minimum absolute atomic E-state index is 0.0919. The van der Waals surface area contributed by atoms with Gasteiger partial charge in [-0.1, -0.05) is 41.0 Å². The molecule has 13 heteroatoms. The molecule has 2 aromatic carbocycles. The highest BCUT2D eigenvalue weighted by Gasteiger charge is 2.37. The second kappa shape index (κ2) is 9.27. The fourth-order valence-corrected chi connectivity index (χ4v) is 4.24. The summed E-state index contributed by atoms with van der Waals surface area (Å²) in [4.78, 5) is 15.2. The van der Waals surface area contributed by atoms with Crippen LogP contribution < -0.4 is 4.72 Å². The molecule has 0 radical (unpaired) electrons. The van der Waals surface area contributed by atoms with Crippen LogP contribution in [0.15, 0.2) is 57.9 Å². The molecule has 1 N–H and O–H groups in total. The van der Waals surface area contributed by atoms with Gasteiger partial charge in [0.05, 0.1) is 15.5 Å². The van der Waals surface area contributed by atoms with Crippen LogP contribution in [-0.2, 0) is 32.3 Å². The van der Waals surface area contributed by atoms with Crippen molar-refractivity contribution in [1.29, 1.82) is 0 Å². The maximum absolute atomic E-state index is 13.1. The molecule has 0 aliphatic carbocycles. The summed E-state index contributed by atoms with van der Waals surface area (Å²) in [5.74, 6) is -1.000. The van der Waals surface area contributed by atoms with E-state index in [1.54, 1.807) is 24.3 Å². The summed E-state index contributed by atoms with van der Waals surface area (Å²) in [6.45, 7) is 0.639. The van der Waals surface area contributed by atoms with Gasteiger partial charge < -0.3 is 9.26 Å². The van der Waals surface area contributed by atoms with Crippen molar-refractivity contribution in [2.75, 3.05) is 0 Å². The van der Waals surface area contributed by atoms with Crippen molar-refractivity contribution in [3.8, 4) is 11.4 Å². The van der Waals surface area contributed by atoms with E-state index in [1.165, 1.54) is 0 Å². The molecule has 0 aliphatic rings. The van der Waals surface area contributed by atoms with E-state index in [1.807, 2.05) is 4.72 Å². The summed E-state index contributed by atoms with van der Waals surface area (Å²) in [7, 11) is -4.67. The first-order valence-corrected chi connectivity index (χ1v) is 10.8. The Morgan fingerprint density at radius 3 is 2.53 bits per heavy atom. The lowest BCUT2D eigenvalue weighted by atomic mass is 10.2. The largest absolute Gasteiger partial charge is 0.454 e. The first-order chi connectivity index (χ1) is 15.0. The van der Waals surface area contributed by atoms with E-state index in [0.717, 1.165) is 25.1 Å². The SMILES string of the molecule is C[C@@H](NS(=O)(=O)c1ccccc1C(F)(F)F)C(=O)OCc1nc(-c2ccccc2Cl)no1. The average Bonchev–Trinajstić information content (AvgIpc) is 3.20. The number of sulfonamides is 1. The molecular weight excluding hydrogens is 475 g/mol. The van der Waals surface area contributed by atoms with Crippen LogP contribution in [0.2, 0.25) is 5.02 Å². The van der Waals surface area contributed by atoms with E-state index < -0.39 is 45.3 Å². The maximum atomic E-state index is 13.1. The Balaban J connectivity index is 1.66. The molecule has 0 saturated heterocycles. The van der Waals surface area contributed by atoms with Gasteiger partial charge in [0, 0.05) is 5.56 Å². The molecule has 0 spiro atoms. The van der Waals surface area contributed by atoms with Crippen LogP contribution >= 0.6 is 11.6 Å². The van der Waals surface area contributed by atoms with E-state index in [9.17, 15) is 26.4 Å². The van der Waals surface area contributed by atoms with Gasteiger partial charge in [0.2, 0.25) is 15.8 Å². The third kappa shape index (κ3) is 5.44. The number of hydrogen-bond acceptors (Lipinski definition) is 7. The smallest absolute Gasteiger partial charge is 0.417 e. The van der Waals surface area contributed by atoms with Gasteiger partial charge in [-0.2, -0.15) is 22.9 Å². The normalized spacial score (nSPS) is 13.0. The van der Waals surface area contributed by atoms with Crippen LogP contribution in [0.4, 0.5) is 13.2 Å². The fraction of sp³-hybridized carbons (Fsp3) is 0.211. The number of carbonyl (C=O) groups is 1. The van der Waals surface area contributed by atoms with Crippen LogP contribution in [0.3, 0.4) is 0 Å². The number of rotatable bonds is 7. The zero-order valence-corrected chi connectivity index (χ0v) is 17.8. The molecule has 1 heterocycles. The van der Waals surface area contributed by atoms with Gasteiger partial charge in [-0.3, -0.25) is 4.79 Å². The highest BCUT2D eigenvalue weighted by atomic mass is 35.5. The first kappa shape index (κ1) is 23.7. The summed E-state index contributed by atoms with van der Waals surface area (Å²) in [6.07, 6.45) is -4.90. The predicted molar refractivity (Wildman–Crippen MR) is 106 cm³/mol. The summed E-state index contributed by atoms with van der Waals surface area (Å²) >= 11 is 6.05. The minimum atomic E-state index is -4.90. The van der Waals surface area contributed by atoms with Crippen molar-refractivity contribution in [2.24, 2.45) is 0 Å². The monoisotopic (exact) mass is 489 g/mol. The molecule has 1 atom stereocenters.